The molecule has 0 fully saturated rings. The predicted molar refractivity (Wildman–Crippen MR) is 93.6 cm³/mol. The maximum atomic E-state index is 12.1. The van der Waals surface area contributed by atoms with Crippen LogP contribution in [0.3, 0.4) is 0 Å². The summed E-state index contributed by atoms with van der Waals surface area (Å²) in [6, 6.07) is 13.2. The zero-order valence-electron chi connectivity index (χ0n) is 14.2. The maximum Gasteiger partial charge on any atom is 0.311 e. The molecule has 0 aliphatic rings. The van der Waals surface area contributed by atoms with Crippen LogP contribution in [0, 0.1) is 0 Å². The highest BCUT2D eigenvalue weighted by Gasteiger charge is 2.18. The number of carbonyl (C=O) groups is 2. The van der Waals surface area contributed by atoms with Crippen molar-refractivity contribution in [2.45, 2.75) is 26.4 Å². The van der Waals surface area contributed by atoms with Crippen LogP contribution in [-0.2, 0) is 20.7 Å². The van der Waals surface area contributed by atoms with Crippen LogP contribution in [0.5, 0.6) is 11.5 Å². The molecule has 0 radical (unpaired) electrons. The Balaban J connectivity index is 1.84. The summed E-state index contributed by atoms with van der Waals surface area (Å²) in [7, 11) is 0. The van der Waals surface area contributed by atoms with Gasteiger partial charge in [-0.3, -0.25) is 9.59 Å². The number of esters is 1. The van der Waals surface area contributed by atoms with Gasteiger partial charge in [0.1, 0.15) is 11.5 Å². The molecule has 0 unspecified atom stereocenters. The van der Waals surface area contributed by atoms with Crippen LogP contribution in [0.1, 0.15) is 19.4 Å². The predicted octanol–water partition coefficient (Wildman–Crippen LogP) is 2.90. The lowest BCUT2D eigenvalue weighted by molar-refractivity contribution is -0.152. The van der Waals surface area contributed by atoms with E-state index in [4.69, 9.17) is 9.47 Å². The number of anilines is 1. The van der Waals surface area contributed by atoms with E-state index in [1.54, 1.807) is 36.4 Å². The minimum absolute atomic E-state index is 0.0287. The van der Waals surface area contributed by atoms with Crippen molar-refractivity contribution < 1.29 is 24.2 Å². The third-order valence-electron chi connectivity index (χ3n) is 3.40. The Kier molecular flexibility index (Phi) is 6.39. The molecule has 132 valence electrons. The van der Waals surface area contributed by atoms with Gasteiger partial charge < -0.3 is 19.9 Å². The standard InChI is InChI=1S/C19H21NO5/c1-3-24-17-10-6-15(7-11-17)20-19(23)13(2)25-18(22)12-14-4-8-16(21)9-5-14/h4-11,13,21H,3,12H2,1-2H3,(H,20,23)/t13-/m1/s1. The zero-order chi connectivity index (χ0) is 18.2. The Morgan fingerprint density at radius 3 is 2.32 bits per heavy atom. The molecule has 0 bridgehead atoms. The van der Waals surface area contributed by atoms with Gasteiger partial charge in [-0.25, -0.2) is 0 Å². The molecule has 0 aliphatic carbocycles. The number of ether oxygens (including phenoxy) is 2. The second-order valence-corrected chi connectivity index (χ2v) is 5.42. The molecule has 0 aromatic heterocycles. The number of phenols is 1. The van der Waals surface area contributed by atoms with Gasteiger partial charge in [-0.1, -0.05) is 12.1 Å². The van der Waals surface area contributed by atoms with Gasteiger partial charge in [0.25, 0.3) is 5.91 Å². The fraction of sp³-hybridized carbons (Fsp3) is 0.263. The molecule has 25 heavy (non-hydrogen) atoms. The molecule has 2 aromatic rings. The van der Waals surface area contributed by atoms with E-state index in [-0.39, 0.29) is 12.2 Å². The zero-order valence-corrected chi connectivity index (χ0v) is 14.2. The first-order valence-corrected chi connectivity index (χ1v) is 7.99. The van der Waals surface area contributed by atoms with Crippen LogP contribution in [-0.4, -0.2) is 29.7 Å². The average molecular weight is 343 g/mol. The van der Waals surface area contributed by atoms with Crippen molar-refractivity contribution in [2.75, 3.05) is 11.9 Å². The summed E-state index contributed by atoms with van der Waals surface area (Å²) >= 11 is 0. The van der Waals surface area contributed by atoms with Gasteiger partial charge in [-0.2, -0.15) is 0 Å². The number of benzene rings is 2. The molecule has 0 saturated carbocycles. The Morgan fingerprint density at radius 2 is 1.72 bits per heavy atom. The quantitative estimate of drug-likeness (QED) is 0.755. The largest absolute Gasteiger partial charge is 0.508 e. The molecule has 2 rings (SSSR count). The summed E-state index contributed by atoms with van der Waals surface area (Å²) in [5, 5.41) is 11.9. The lowest BCUT2D eigenvalue weighted by atomic mass is 10.1. The molecule has 2 aromatic carbocycles. The number of phenolic OH excluding ortho intramolecular Hbond substituents is 1. The van der Waals surface area contributed by atoms with E-state index in [2.05, 4.69) is 5.32 Å². The lowest BCUT2D eigenvalue weighted by Crippen LogP contribution is -2.30. The van der Waals surface area contributed by atoms with Crippen molar-refractivity contribution in [2.24, 2.45) is 0 Å². The van der Waals surface area contributed by atoms with Crippen molar-refractivity contribution >= 4 is 17.6 Å². The SMILES string of the molecule is CCOc1ccc(NC(=O)[C@@H](C)OC(=O)Cc2ccc(O)cc2)cc1. The van der Waals surface area contributed by atoms with E-state index in [0.717, 1.165) is 0 Å². The number of amides is 1. The molecule has 0 heterocycles. The van der Waals surface area contributed by atoms with Gasteiger partial charge in [-0.05, 0) is 55.8 Å². The molecule has 1 atom stereocenters. The molecule has 6 heteroatoms. The van der Waals surface area contributed by atoms with Crippen LogP contribution in [0.15, 0.2) is 48.5 Å². The molecular weight excluding hydrogens is 322 g/mol. The van der Waals surface area contributed by atoms with E-state index in [9.17, 15) is 14.7 Å². The van der Waals surface area contributed by atoms with Gasteiger partial charge in [0, 0.05) is 5.69 Å². The normalized spacial score (nSPS) is 11.4. The van der Waals surface area contributed by atoms with Gasteiger partial charge in [-0.15, -0.1) is 0 Å². The number of hydrogen-bond acceptors (Lipinski definition) is 5. The highest BCUT2D eigenvalue weighted by atomic mass is 16.5. The van der Waals surface area contributed by atoms with E-state index in [0.29, 0.717) is 23.6 Å². The summed E-state index contributed by atoms with van der Waals surface area (Å²) in [5.41, 5.74) is 1.29. The van der Waals surface area contributed by atoms with Gasteiger partial charge in [0.15, 0.2) is 6.10 Å². The Morgan fingerprint density at radius 1 is 1.08 bits per heavy atom. The molecular formula is C19H21NO5. The first-order valence-electron chi connectivity index (χ1n) is 7.99. The molecule has 6 nitrogen and oxygen atoms in total. The van der Waals surface area contributed by atoms with Crippen molar-refractivity contribution in [1.29, 1.82) is 0 Å². The number of nitrogens with one attached hydrogen (secondary N) is 1. The Hall–Kier alpha value is -3.02. The first kappa shape index (κ1) is 18.3. The summed E-state index contributed by atoms with van der Waals surface area (Å²) < 4.78 is 10.5. The fourth-order valence-corrected chi connectivity index (χ4v) is 2.12. The van der Waals surface area contributed by atoms with Crippen LogP contribution >= 0.6 is 0 Å². The Bertz CT molecular complexity index is 710. The topological polar surface area (TPSA) is 84.9 Å². The van der Waals surface area contributed by atoms with Crippen LogP contribution in [0.4, 0.5) is 5.69 Å². The lowest BCUT2D eigenvalue weighted by Gasteiger charge is -2.14. The highest BCUT2D eigenvalue weighted by Crippen LogP contribution is 2.16. The monoisotopic (exact) mass is 343 g/mol. The first-order chi connectivity index (χ1) is 12.0. The second kappa shape index (κ2) is 8.73. The summed E-state index contributed by atoms with van der Waals surface area (Å²) in [6.07, 6.45) is -0.891. The molecule has 0 spiro atoms. The minimum Gasteiger partial charge on any atom is -0.508 e. The number of carbonyl (C=O) groups excluding carboxylic acids is 2. The van der Waals surface area contributed by atoms with E-state index < -0.39 is 18.0 Å². The summed E-state index contributed by atoms with van der Waals surface area (Å²) in [5.74, 6) is -0.0858. The molecule has 2 N–H and O–H groups in total. The van der Waals surface area contributed by atoms with Crippen molar-refractivity contribution in [3.63, 3.8) is 0 Å². The van der Waals surface area contributed by atoms with Crippen LogP contribution in [0.2, 0.25) is 0 Å². The molecule has 1 amide bonds. The van der Waals surface area contributed by atoms with E-state index in [1.165, 1.54) is 19.1 Å². The van der Waals surface area contributed by atoms with Crippen molar-refractivity contribution in [1.82, 2.24) is 0 Å². The summed E-state index contributed by atoms with van der Waals surface area (Å²) in [6.45, 7) is 3.97. The third kappa shape index (κ3) is 5.84. The maximum absolute atomic E-state index is 12.1. The highest BCUT2D eigenvalue weighted by molar-refractivity contribution is 5.95. The third-order valence-corrected chi connectivity index (χ3v) is 3.40. The van der Waals surface area contributed by atoms with Crippen molar-refractivity contribution in [3.05, 3.63) is 54.1 Å². The second-order valence-electron chi connectivity index (χ2n) is 5.42. The van der Waals surface area contributed by atoms with Crippen molar-refractivity contribution in [3.8, 4) is 11.5 Å². The van der Waals surface area contributed by atoms with Crippen LogP contribution < -0.4 is 10.1 Å². The molecule has 0 aliphatic heterocycles. The fourth-order valence-electron chi connectivity index (χ4n) is 2.12. The summed E-state index contributed by atoms with van der Waals surface area (Å²) in [4.78, 5) is 24.0. The van der Waals surface area contributed by atoms with Gasteiger partial charge >= 0.3 is 5.97 Å². The minimum atomic E-state index is -0.920. The van der Waals surface area contributed by atoms with Gasteiger partial charge in [0.05, 0.1) is 13.0 Å². The smallest absolute Gasteiger partial charge is 0.311 e. The van der Waals surface area contributed by atoms with E-state index >= 15 is 0 Å². The van der Waals surface area contributed by atoms with Gasteiger partial charge in [0.2, 0.25) is 0 Å². The number of rotatable bonds is 7. The average Bonchev–Trinajstić information content (AvgIpc) is 2.59. The number of hydrogen-bond donors (Lipinski definition) is 2. The van der Waals surface area contributed by atoms with E-state index in [1.807, 2.05) is 6.92 Å². The Labute approximate surface area is 146 Å². The number of aromatic hydroxyl groups is 1. The van der Waals surface area contributed by atoms with Crippen LogP contribution in [0.25, 0.3) is 0 Å². The molecule has 0 saturated heterocycles.